The molecule has 6 fully saturated rings. The lowest BCUT2D eigenvalue weighted by Gasteiger charge is -2.55. The van der Waals surface area contributed by atoms with Crippen molar-refractivity contribution in [1.82, 2.24) is 64.1 Å². The second-order valence-corrected chi connectivity index (χ2v) is 46.3. The van der Waals surface area contributed by atoms with Crippen molar-refractivity contribution in [2.24, 2.45) is 16.2 Å². The van der Waals surface area contributed by atoms with Crippen molar-refractivity contribution >= 4 is 101 Å². The number of nitrogens with one attached hydrogen (secondary N) is 7. The van der Waals surface area contributed by atoms with E-state index in [1.54, 1.807) is 32.4 Å². The highest BCUT2D eigenvalue weighted by Crippen LogP contribution is 2.58. The fourth-order valence-corrected chi connectivity index (χ4v) is 21.4. The Labute approximate surface area is 837 Å². The standard InChI is InChI=1S/C41H49N7O5.C35H44N6O5S.C31H42N6O5S/c1-38(2,3)32-21-33(45-37(52)44-29-12-16-31(17-13-29)53-20-18-27-9-8-19-42-22-27)48(46-32)30-14-10-28(11-15-30)23-43-34(49)39(4)24-40(5)26-41(6,25-39)36(51)47(7)35(40)50;1-35(2,3)32-24-33(41(38-32)27-10-8-26(9-11-27)25-40-17-22-47(43,44)23-18-40)37-34(42)36-30-12-13-31(29-7-5-4-6-28(29)30)46-21-16-39-14-19-45-20-15-39;1-31(2,3)28-22-29(37(34-28)26-8-4-24(5-9-26)23-36-15-20-43(39,40)21-16-36)33-30(38)32-25-6-10-27(11-7-25)42-19-14-35-12-17-41-18-13-35/h8-17,19,21-22H,18,20,23-26H2,1-7H3,(H,43,49)(H2,44,45,52);4-13,24H,14-23,25H2,1-3H3,(H2,36,37,42);4-11,22H,12-21,23H2,1-3H3,(H2,32,33,38). The molecule has 2 atom stereocenters. The average Bonchev–Trinajstić information content (AvgIpc) is 1.25. The van der Waals surface area contributed by atoms with Gasteiger partial charge in [0.2, 0.25) is 17.7 Å². The summed E-state index contributed by atoms with van der Waals surface area (Å²) >= 11 is 0. The Hall–Kier alpha value is -12.9. The molecular formula is C107H135N19O15S2. The largest absolute Gasteiger partial charge is 0.493 e. The highest BCUT2D eigenvalue weighted by atomic mass is 32.2. The van der Waals surface area contributed by atoms with Gasteiger partial charge in [0.15, 0.2) is 19.7 Å². The molecule has 11 aromatic rings. The first-order valence-electron chi connectivity index (χ1n) is 49.0. The number of aromatic nitrogens is 7. The SMILES string of the molecule is CC(C)(C)c1cc(NC(=O)Nc2ccc(OCCN3CCOCC3)c3ccccc23)n(-c2ccc(CN3CCS(=O)(=O)CC3)cc2)n1.CC(C)(C)c1cc(NC(=O)Nc2ccc(OCCN3CCOCC3)cc2)n(-c2ccc(CN3CCS(=O)(=O)CC3)cc2)n1.CN1C(=O)C2(C)CC(C)(C(=O)NCc3ccc(-n4nc(C(C)(C)C)cc4NC(=O)Nc4ccc(OCCc5cccnc5)cc4)cc3)CC(C)(C2)C1=O. The smallest absolute Gasteiger partial charge is 0.324 e. The van der Waals surface area contributed by atoms with Crippen molar-refractivity contribution in [1.29, 1.82) is 0 Å². The number of morpholine rings is 2. The number of pyridine rings is 1. The van der Waals surface area contributed by atoms with Gasteiger partial charge in [0, 0.05) is 184 Å². The average molecular weight is 1990 g/mol. The monoisotopic (exact) mass is 1990 g/mol. The molecule has 143 heavy (non-hydrogen) atoms. The number of hydrogen-bond acceptors (Lipinski definition) is 23. The molecule has 9 amide bonds. The van der Waals surface area contributed by atoms with Crippen LogP contribution in [0.25, 0.3) is 27.8 Å². The zero-order chi connectivity index (χ0) is 102. The summed E-state index contributed by atoms with van der Waals surface area (Å²) in [5.74, 6) is 4.03. The summed E-state index contributed by atoms with van der Waals surface area (Å²) in [7, 11) is -4.29. The number of imide groups is 1. The molecule has 2 unspecified atom stereocenters. The van der Waals surface area contributed by atoms with Crippen LogP contribution in [0, 0.1) is 16.2 Å². The summed E-state index contributed by atoms with van der Waals surface area (Å²) < 4.78 is 81.0. The zero-order valence-electron chi connectivity index (χ0n) is 84.2. The summed E-state index contributed by atoms with van der Waals surface area (Å²) in [4.78, 5) is 93.8. The Bertz CT molecular complexity index is 6470. The number of benzene rings is 7. The molecule has 0 radical (unpaired) electrons. The van der Waals surface area contributed by atoms with E-state index in [4.69, 9.17) is 39.0 Å². The number of fused-ring (bicyclic) bond motifs is 3. The number of urea groups is 3. The minimum absolute atomic E-state index is 0.175. The quantitative estimate of drug-likeness (QED) is 0.0224. The van der Waals surface area contributed by atoms with Gasteiger partial charge in [-0.25, -0.2) is 45.3 Å². The molecule has 7 N–H and O–H groups in total. The molecule has 4 aromatic heterocycles. The first-order valence-corrected chi connectivity index (χ1v) is 52.6. The van der Waals surface area contributed by atoms with Crippen LogP contribution >= 0.6 is 0 Å². The highest BCUT2D eigenvalue weighted by Gasteiger charge is 2.62. The molecule has 6 aliphatic rings. The van der Waals surface area contributed by atoms with Crippen LogP contribution in [0.1, 0.15) is 142 Å². The van der Waals surface area contributed by atoms with E-state index >= 15 is 0 Å². The first kappa shape index (κ1) is 104. The van der Waals surface area contributed by atoms with E-state index in [2.05, 4.69) is 124 Å². The Morgan fingerprint density at radius 1 is 0.420 bits per heavy atom. The van der Waals surface area contributed by atoms with Crippen molar-refractivity contribution in [3.63, 3.8) is 0 Å². The van der Waals surface area contributed by atoms with Crippen molar-refractivity contribution in [3.8, 4) is 34.3 Å². The van der Waals surface area contributed by atoms with Gasteiger partial charge in [-0.3, -0.25) is 59.8 Å². The van der Waals surface area contributed by atoms with E-state index < -0.39 is 42.0 Å². The fourth-order valence-electron chi connectivity index (χ4n) is 18.9. The third kappa shape index (κ3) is 27.7. The number of rotatable bonds is 28. The molecule has 0 spiro atoms. The third-order valence-corrected chi connectivity index (χ3v) is 29.9. The Morgan fingerprint density at radius 3 is 1.23 bits per heavy atom. The first-order chi connectivity index (χ1) is 68.1. The molecule has 17 rings (SSSR count). The van der Waals surface area contributed by atoms with Gasteiger partial charge in [-0.1, -0.05) is 150 Å². The van der Waals surface area contributed by atoms with Crippen LogP contribution in [0.15, 0.2) is 200 Å². The van der Waals surface area contributed by atoms with Crippen LogP contribution in [0.5, 0.6) is 17.2 Å². The molecule has 9 heterocycles. The van der Waals surface area contributed by atoms with Crippen molar-refractivity contribution in [2.45, 2.75) is 145 Å². The van der Waals surface area contributed by atoms with Crippen molar-refractivity contribution < 1.29 is 69.3 Å². The van der Waals surface area contributed by atoms with Crippen molar-refractivity contribution in [3.05, 3.63) is 240 Å². The van der Waals surface area contributed by atoms with E-state index in [-0.39, 0.29) is 75.6 Å². The van der Waals surface area contributed by atoms with Crippen LogP contribution in [0.2, 0.25) is 0 Å². The van der Waals surface area contributed by atoms with Crippen molar-refractivity contribution in [2.75, 3.05) is 174 Å². The lowest BCUT2D eigenvalue weighted by Crippen LogP contribution is -2.63. The van der Waals surface area contributed by atoms with Gasteiger partial charge in [0.05, 0.1) is 95.9 Å². The molecule has 1 saturated carbocycles. The number of nitrogens with zero attached hydrogens (tertiary/aromatic N) is 12. The molecule has 36 heteroatoms. The number of anilines is 6. The lowest BCUT2D eigenvalue weighted by atomic mass is 9.51. The second-order valence-electron chi connectivity index (χ2n) is 41.7. The van der Waals surface area contributed by atoms with Gasteiger partial charge in [-0.15, -0.1) is 0 Å². The van der Waals surface area contributed by atoms with E-state index in [1.807, 2.05) is 203 Å². The van der Waals surface area contributed by atoms with E-state index in [9.17, 15) is 45.6 Å². The highest BCUT2D eigenvalue weighted by molar-refractivity contribution is 7.91. The minimum atomic E-state index is -2.92. The molecule has 34 nitrogen and oxygen atoms in total. The topological polar surface area (TPSA) is 384 Å². The van der Waals surface area contributed by atoms with Crippen LogP contribution in [0.3, 0.4) is 0 Å². The number of carbonyl (C=O) groups is 6. The molecule has 5 aliphatic heterocycles. The predicted octanol–water partition coefficient (Wildman–Crippen LogP) is 15.3. The van der Waals surface area contributed by atoms with Gasteiger partial charge >= 0.3 is 18.1 Å². The number of hydrogen-bond donors (Lipinski definition) is 7. The number of piperidine rings is 1. The van der Waals surface area contributed by atoms with Gasteiger partial charge in [0.1, 0.15) is 47.9 Å². The Kier molecular flexibility index (Phi) is 32.8. The maximum atomic E-state index is 13.7. The molecule has 1 aliphatic carbocycles. The minimum Gasteiger partial charge on any atom is -0.493 e. The second kappa shape index (κ2) is 44.9. The maximum Gasteiger partial charge on any atom is 0.324 e. The third-order valence-electron chi connectivity index (χ3n) is 26.7. The zero-order valence-corrected chi connectivity index (χ0v) is 85.8. The Balaban J connectivity index is 0.000000163. The molecule has 5 saturated heterocycles. The maximum absolute atomic E-state index is 13.7. The van der Waals surface area contributed by atoms with E-state index in [0.29, 0.717) is 119 Å². The number of carbonyl (C=O) groups excluding carboxylic acids is 6. The summed E-state index contributed by atoms with van der Waals surface area (Å²) in [6, 6.07) is 58.2. The van der Waals surface area contributed by atoms with Crippen LogP contribution in [0.4, 0.5) is 48.9 Å². The molecule has 7 aromatic carbocycles. The Morgan fingerprint density at radius 2 is 0.818 bits per heavy atom. The molecule has 760 valence electrons. The van der Waals surface area contributed by atoms with Crippen LogP contribution in [-0.4, -0.2) is 253 Å². The van der Waals surface area contributed by atoms with Gasteiger partial charge in [0.25, 0.3) is 0 Å². The predicted molar refractivity (Wildman–Crippen MR) is 556 cm³/mol. The number of ether oxygens (including phenoxy) is 5. The van der Waals surface area contributed by atoms with Gasteiger partial charge in [-0.2, -0.15) is 15.3 Å². The van der Waals surface area contributed by atoms with Crippen LogP contribution < -0.4 is 51.4 Å². The normalized spacial score (nSPS) is 19.5. The summed E-state index contributed by atoms with van der Waals surface area (Å²) in [5.41, 5.74) is 7.76. The summed E-state index contributed by atoms with van der Waals surface area (Å²) in [5, 5.41) is 37.1. The fraction of sp³-hybridized carbons (Fsp3) is 0.439. The lowest BCUT2D eigenvalue weighted by molar-refractivity contribution is -0.178. The van der Waals surface area contributed by atoms with Gasteiger partial charge < -0.3 is 45.0 Å². The molecule has 2 bridgehead atoms. The van der Waals surface area contributed by atoms with Gasteiger partial charge in [-0.05, 0) is 145 Å². The summed E-state index contributed by atoms with van der Waals surface area (Å²) in [6.45, 7) is 38.2. The number of sulfone groups is 2. The molecular weight excluding hydrogens is 1860 g/mol. The van der Waals surface area contributed by atoms with Crippen LogP contribution in [-0.2, 0) is 85.8 Å². The number of likely N-dealkylation sites (tertiary alicyclic amines) is 1. The van der Waals surface area contributed by atoms with E-state index in [1.165, 1.54) is 11.9 Å². The summed E-state index contributed by atoms with van der Waals surface area (Å²) in [6.07, 6.45) is 5.51. The number of amides is 9. The van der Waals surface area contributed by atoms with E-state index in [0.717, 1.165) is 151 Å².